The number of ether oxygens (including phenoxy) is 1. The number of hydrogen-bond acceptors (Lipinski definition) is 6. The summed E-state index contributed by atoms with van der Waals surface area (Å²) in [6.45, 7) is 4.44. The molecule has 0 aromatic rings. The van der Waals surface area contributed by atoms with Crippen LogP contribution in [-0.4, -0.2) is 80.9 Å². The highest BCUT2D eigenvalue weighted by Gasteiger charge is 2.34. The predicted molar refractivity (Wildman–Crippen MR) is 78.6 cm³/mol. The average molecular weight is 320 g/mol. The number of esters is 1. The molecule has 21 heavy (non-hydrogen) atoms. The molecule has 0 N–H and O–H groups in total. The van der Waals surface area contributed by atoms with E-state index >= 15 is 0 Å². The molecule has 1 unspecified atom stereocenters. The second-order valence-corrected chi connectivity index (χ2v) is 7.44. The Morgan fingerprint density at radius 3 is 2.38 bits per heavy atom. The van der Waals surface area contributed by atoms with Crippen molar-refractivity contribution in [2.75, 3.05) is 44.8 Å². The van der Waals surface area contributed by atoms with Crippen molar-refractivity contribution in [3.63, 3.8) is 0 Å². The van der Waals surface area contributed by atoms with Gasteiger partial charge in [-0.25, -0.2) is 8.42 Å². The normalized spacial score (nSPS) is 20.5. The van der Waals surface area contributed by atoms with E-state index in [1.54, 1.807) is 23.8 Å². The Hall–Kier alpha value is -1.15. The predicted octanol–water partition coefficient (Wildman–Crippen LogP) is -0.483. The first kappa shape index (κ1) is 17.9. The van der Waals surface area contributed by atoms with Gasteiger partial charge in [0.25, 0.3) is 0 Å². The van der Waals surface area contributed by atoms with E-state index in [-0.39, 0.29) is 42.5 Å². The number of nitrogens with zero attached hydrogens (tertiary/aromatic N) is 2. The lowest BCUT2D eigenvalue weighted by atomic mass is 10.2. The molecule has 1 amide bonds. The first-order chi connectivity index (χ1) is 9.79. The van der Waals surface area contributed by atoms with Gasteiger partial charge < -0.3 is 9.64 Å². The molecule has 0 aromatic heterocycles. The average Bonchev–Trinajstić information content (AvgIpc) is 2.70. The number of likely N-dealkylation sites (N-methyl/N-ethyl adjacent to an activating group) is 2. The lowest BCUT2D eigenvalue weighted by molar-refractivity contribution is -0.144. The second-order valence-electron chi connectivity index (χ2n) is 5.21. The summed E-state index contributed by atoms with van der Waals surface area (Å²) in [6, 6.07) is -0.247. The zero-order chi connectivity index (χ0) is 16.0. The molecule has 1 rings (SSSR count). The number of sulfone groups is 1. The van der Waals surface area contributed by atoms with Crippen LogP contribution in [0.5, 0.6) is 0 Å². The summed E-state index contributed by atoms with van der Waals surface area (Å²) in [4.78, 5) is 26.8. The van der Waals surface area contributed by atoms with Gasteiger partial charge in [-0.3, -0.25) is 14.5 Å². The monoisotopic (exact) mass is 320 g/mol. The minimum absolute atomic E-state index is 0.0359. The standard InChI is InChI=1S/C13H24N2O5S/c1-4-15(11-6-7-21(18,19)10-11)12(16)8-14(3)9-13(17)20-5-2/h11H,4-10H2,1-3H3. The van der Waals surface area contributed by atoms with Gasteiger partial charge in [-0.05, 0) is 27.3 Å². The Morgan fingerprint density at radius 2 is 1.90 bits per heavy atom. The zero-order valence-electron chi connectivity index (χ0n) is 12.9. The molecule has 1 aliphatic heterocycles. The zero-order valence-corrected chi connectivity index (χ0v) is 13.7. The van der Waals surface area contributed by atoms with Gasteiger partial charge in [0, 0.05) is 12.6 Å². The summed E-state index contributed by atoms with van der Waals surface area (Å²) in [5.41, 5.74) is 0. The Morgan fingerprint density at radius 1 is 1.24 bits per heavy atom. The van der Waals surface area contributed by atoms with Gasteiger partial charge in [-0.1, -0.05) is 0 Å². The van der Waals surface area contributed by atoms with Gasteiger partial charge in [-0.2, -0.15) is 0 Å². The Balaban J connectivity index is 2.54. The topological polar surface area (TPSA) is 84.0 Å². The van der Waals surface area contributed by atoms with Gasteiger partial charge >= 0.3 is 5.97 Å². The summed E-state index contributed by atoms with van der Waals surface area (Å²) < 4.78 is 27.9. The smallest absolute Gasteiger partial charge is 0.320 e. The molecule has 1 atom stereocenters. The third-order valence-corrected chi connectivity index (χ3v) is 5.17. The van der Waals surface area contributed by atoms with Crippen molar-refractivity contribution in [1.29, 1.82) is 0 Å². The van der Waals surface area contributed by atoms with Crippen molar-refractivity contribution >= 4 is 21.7 Å². The number of hydrogen-bond donors (Lipinski definition) is 0. The van der Waals surface area contributed by atoms with Crippen LogP contribution in [0.15, 0.2) is 0 Å². The maximum absolute atomic E-state index is 12.3. The van der Waals surface area contributed by atoms with E-state index < -0.39 is 9.84 Å². The van der Waals surface area contributed by atoms with Crippen LogP contribution in [0, 0.1) is 0 Å². The number of carbonyl (C=O) groups is 2. The molecular formula is C13H24N2O5S. The molecular weight excluding hydrogens is 296 g/mol. The van der Waals surface area contributed by atoms with E-state index in [9.17, 15) is 18.0 Å². The summed E-state index contributed by atoms with van der Waals surface area (Å²) in [5.74, 6) is -0.362. The highest BCUT2D eigenvalue weighted by Crippen LogP contribution is 2.17. The quantitative estimate of drug-likeness (QED) is 0.589. The molecule has 7 nitrogen and oxygen atoms in total. The van der Waals surface area contributed by atoms with Crippen LogP contribution in [0.25, 0.3) is 0 Å². The van der Waals surface area contributed by atoms with E-state index in [0.29, 0.717) is 19.6 Å². The molecule has 1 aliphatic rings. The van der Waals surface area contributed by atoms with Crippen LogP contribution in [0.1, 0.15) is 20.3 Å². The van der Waals surface area contributed by atoms with Gasteiger partial charge in [0.2, 0.25) is 5.91 Å². The van der Waals surface area contributed by atoms with Crippen molar-refractivity contribution < 1.29 is 22.7 Å². The molecule has 1 heterocycles. The fourth-order valence-corrected chi connectivity index (χ4v) is 4.19. The van der Waals surface area contributed by atoms with Gasteiger partial charge in [0.1, 0.15) is 0 Å². The van der Waals surface area contributed by atoms with Crippen LogP contribution in [0.2, 0.25) is 0 Å². The Labute approximate surface area is 126 Å². The van der Waals surface area contributed by atoms with Crippen LogP contribution < -0.4 is 0 Å². The molecule has 0 aromatic carbocycles. The van der Waals surface area contributed by atoms with Crippen molar-refractivity contribution in [3.8, 4) is 0 Å². The maximum Gasteiger partial charge on any atom is 0.320 e. The molecule has 1 fully saturated rings. The molecule has 0 bridgehead atoms. The lowest BCUT2D eigenvalue weighted by Crippen LogP contribution is -2.46. The molecule has 0 spiro atoms. The van der Waals surface area contributed by atoms with Gasteiger partial charge in [0.05, 0.1) is 31.2 Å². The highest BCUT2D eigenvalue weighted by atomic mass is 32.2. The SMILES string of the molecule is CCOC(=O)CN(C)CC(=O)N(CC)C1CCS(=O)(=O)C1. The van der Waals surface area contributed by atoms with Crippen molar-refractivity contribution in [2.45, 2.75) is 26.3 Å². The van der Waals surface area contributed by atoms with Crippen LogP contribution in [0.4, 0.5) is 0 Å². The number of amides is 1. The molecule has 1 saturated heterocycles. The first-order valence-corrected chi connectivity index (χ1v) is 8.95. The van der Waals surface area contributed by atoms with E-state index in [1.165, 1.54) is 0 Å². The Kier molecular flexibility index (Phi) is 6.60. The van der Waals surface area contributed by atoms with Gasteiger partial charge in [0.15, 0.2) is 9.84 Å². The lowest BCUT2D eigenvalue weighted by Gasteiger charge is -2.28. The van der Waals surface area contributed by atoms with E-state index in [2.05, 4.69) is 0 Å². The largest absolute Gasteiger partial charge is 0.465 e. The fourth-order valence-electron chi connectivity index (χ4n) is 2.46. The third kappa shape index (κ3) is 5.62. The third-order valence-electron chi connectivity index (χ3n) is 3.42. The number of rotatable bonds is 7. The molecule has 8 heteroatoms. The summed E-state index contributed by atoms with van der Waals surface area (Å²) >= 11 is 0. The minimum atomic E-state index is -3.02. The highest BCUT2D eigenvalue weighted by molar-refractivity contribution is 7.91. The van der Waals surface area contributed by atoms with Crippen LogP contribution in [0.3, 0.4) is 0 Å². The molecule has 0 radical (unpaired) electrons. The molecule has 0 saturated carbocycles. The van der Waals surface area contributed by atoms with E-state index in [4.69, 9.17) is 4.74 Å². The summed E-state index contributed by atoms with van der Waals surface area (Å²) in [6.07, 6.45) is 0.490. The van der Waals surface area contributed by atoms with Crippen molar-refractivity contribution in [2.24, 2.45) is 0 Å². The maximum atomic E-state index is 12.3. The first-order valence-electron chi connectivity index (χ1n) is 7.13. The van der Waals surface area contributed by atoms with Crippen LogP contribution >= 0.6 is 0 Å². The Bertz CT molecular complexity index is 477. The van der Waals surface area contributed by atoms with E-state index in [1.807, 2.05) is 6.92 Å². The fraction of sp³-hybridized carbons (Fsp3) is 0.846. The van der Waals surface area contributed by atoms with Gasteiger partial charge in [-0.15, -0.1) is 0 Å². The summed E-state index contributed by atoms with van der Waals surface area (Å²) in [7, 11) is -1.36. The minimum Gasteiger partial charge on any atom is -0.465 e. The molecule has 122 valence electrons. The summed E-state index contributed by atoms with van der Waals surface area (Å²) in [5, 5.41) is 0. The second kappa shape index (κ2) is 7.74. The van der Waals surface area contributed by atoms with Crippen molar-refractivity contribution in [1.82, 2.24) is 9.80 Å². The molecule has 0 aliphatic carbocycles. The van der Waals surface area contributed by atoms with E-state index in [0.717, 1.165) is 0 Å². The van der Waals surface area contributed by atoms with Crippen molar-refractivity contribution in [3.05, 3.63) is 0 Å². The van der Waals surface area contributed by atoms with Crippen LogP contribution in [-0.2, 0) is 24.2 Å². The number of carbonyl (C=O) groups excluding carboxylic acids is 2.